The predicted octanol–water partition coefficient (Wildman–Crippen LogP) is 2.61. The van der Waals surface area contributed by atoms with Crippen LogP contribution in [-0.4, -0.2) is 29.1 Å². The maximum absolute atomic E-state index is 12.2. The van der Waals surface area contributed by atoms with E-state index in [0.717, 1.165) is 19.5 Å². The number of hydrogen-bond donors (Lipinski definition) is 0. The second-order valence-corrected chi connectivity index (χ2v) is 4.97. The number of aryl methyl sites for hydroxylation is 1. The molecule has 0 saturated carbocycles. The Morgan fingerprint density at radius 3 is 2.84 bits per heavy atom. The van der Waals surface area contributed by atoms with Crippen LogP contribution in [0.15, 0.2) is 40.9 Å². The highest BCUT2D eigenvalue weighted by Crippen LogP contribution is 2.27. The van der Waals surface area contributed by atoms with Crippen LogP contribution < -0.4 is 0 Å². The lowest BCUT2D eigenvalue weighted by molar-refractivity contribution is 0.0780. The van der Waals surface area contributed by atoms with Crippen molar-refractivity contribution in [3.8, 4) is 0 Å². The van der Waals surface area contributed by atoms with E-state index in [2.05, 4.69) is 17.3 Å². The maximum Gasteiger partial charge on any atom is 0.276 e. The van der Waals surface area contributed by atoms with E-state index in [1.165, 1.54) is 5.56 Å². The second-order valence-electron chi connectivity index (χ2n) is 4.97. The number of hydrogen-bond acceptors (Lipinski definition) is 3. The van der Waals surface area contributed by atoms with Crippen molar-refractivity contribution in [2.45, 2.75) is 19.3 Å². The molecular formula is C15H16N2O2. The highest BCUT2D eigenvalue weighted by atomic mass is 16.5. The summed E-state index contributed by atoms with van der Waals surface area (Å²) in [5.41, 5.74) is 1.71. The van der Waals surface area contributed by atoms with Crippen LogP contribution in [0.25, 0.3) is 0 Å². The third kappa shape index (κ3) is 2.38. The Hall–Kier alpha value is -2.10. The summed E-state index contributed by atoms with van der Waals surface area (Å²) in [5, 5.41) is 3.79. The molecule has 98 valence electrons. The van der Waals surface area contributed by atoms with Crippen LogP contribution in [0, 0.1) is 6.92 Å². The third-order valence-electron chi connectivity index (χ3n) is 3.59. The fourth-order valence-corrected chi connectivity index (χ4v) is 2.57. The number of likely N-dealkylation sites (tertiary alicyclic amines) is 1. The maximum atomic E-state index is 12.2. The summed E-state index contributed by atoms with van der Waals surface area (Å²) in [5.74, 6) is 1.07. The fourth-order valence-electron chi connectivity index (χ4n) is 2.57. The van der Waals surface area contributed by atoms with Crippen molar-refractivity contribution in [1.82, 2.24) is 10.1 Å². The van der Waals surface area contributed by atoms with E-state index in [1.54, 1.807) is 13.0 Å². The minimum atomic E-state index is -0.0321. The summed E-state index contributed by atoms with van der Waals surface area (Å²) >= 11 is 0. The number of aromatic nitrogens is 1. The molecule has 19 heavy (non-hydrogen) atoms. The van der Waals surface area contributed by atoms with Gasteiger partial charge in [0.2, 0.25) is 0 Å². The number of rotatable bonds is 2. The molecule has 1 fully saturated rings. The van der Waals surface area contributed by atoms with Crippen LogP contribution in [0.3, 0.4) is 0 Å². The molecule has 4 heteroatoms. The van der Waals surface area contributed by atoms with E-state index in [4.69, 9.17) is 4.52 Å². The Morgan fingerprint density at radius 2 is 2.16 bits per heavy atom. The van der Waals surface area contributed by atoms with Gasteiger partial charge >= 0.3 is 0 Å². The first kappa shape index (κ1) is 12.0. The molecular weight excluding hydrogens is 240 g/mol. The molecule has 1 atom stereocenters. The molecule has 1 aromatic heterocycles. The lowest BCUT2D eigenvalue weighted by Gasteiger charge is -2.15. The molecule has 0 spiro atoms. The van der Waals surface area contributed by atoms with Gasteiger partial charge in [0.05, 0.1) is 0 Å². The molecule has 3 rings (SSSR count). The van der Waals surface area contributed by atoms with E-state index in [-0.39, 0.29) is 5.91 Å². The van der Waals surface area contributed by atoms with Crippen LogP contribution in [-0.2, 0) is 0 Å². The average molecular weight is 256 g/mol. The topological polar surface area (TPSA) is 46.3 Å². The molecule has 0 radical (unpaired) electrons. The minimum Gasteiger partial charge on any atom is -0.361 e. The van der Waals surface area contributed by atoms with E-state index < -0.39 is 0 Å². The summed E-state index contributed by atoms with van der Waals surface area (Å²) in [6.45, 7) is 3.33. The third-order valence-corrected chi connectivity index (χ3v) is 3.59. The molecule has 1 aliphatic rings. The first-order valence-corrected chi connectivity index (χ1v) is 6.51. The molecule has 1 amide bonds. The van der Waals surface area contributed by atoms with Gasteiger partial charge in [-0.25, -0.2) is 0 Å². The molecule has 0 bridgehead atoms. The summed E-state index contributed by atoms with van der Waals surface area (Å²) in [6, 6.07) is 12.0. The van der Waals surface area contributed by atoms with Crippen LogP contribution in [0.1, 0.15) is 34.2 Å². The molecule has 4 nitrogen and oxygen atoms in total. The molecule has 1 aliphatic heterocycles. The van der Waals surface area contributed by atoms with Gasteiger partial charge in [0.25, 0.3) is 5.91 Å². The molecule has 2 heterocycles. The monoisotopic (exact) mass is 256 g/mol. The molecule has 0 N–H and O–H groups in total. The van der Waals surface area contributed by atoms with Crippen molar-refractivity contribution in [3.63, 3.8) is 0 Å². The van der Waals surface area contributed by atoms with Crippen LogP contribution in [0.5, 0.6) is 0 Å². The quantitative estimate of drug-likeness (QED) is 0.829. The van der Waals surface area contributed by atoms with Crippen molar-refractivity contribution in [3.05, 3.63) is 53.4 Å². The van der Waals surface area contributed by atoms with Gasteiger partial charge in [-0.3, -0.25) is 4.79 Å². The standard InChI is InChI=1S/C15H16N2O2/c1-11-9-14(16-19-11)15(18)17-8-7-13(10-17)12-5-3-2-4-6-12/h2-6,9,13H,7-8,10H2,1H3. The normalized spacial score (nSPS) is 18.8. The number of amides is 1. The Balaban J connectivity index is 1.71. The highest BCUT2D eigenvalue weighted by Gasteiger charge is 2.29. The lowest BCUT2D eigenvalue weighted by Crippen LogP contribution is -2.28. The van der Waals surface area contributed by atoms with Crippen molar-refractivity contribution in [2.24, 2.45) is 0 Å². The van der Waals surface area contributed by atoms with Crippen LogP contribution >= 0.6 is 0 Å². The van der Waals surface area contributed by atoms with Gasteiger partial charge < -0.3 is 9.42 Å². The number of carbonyl (C=O) groups excluding carboxylic acids is 1. The molecule has 2 aromatic rings. The van der Waals surface area contributed by atoms with Crippen LogP contribution in [0.4, 0.5) is 0 Å². The van der Waals surface area contributed by atoms with Gasteiger partial charge in [-0.05, 0) is 18.9 Å². The van der Waals surface area contributed by atoms with Gasteiger partial charge in [0, 0.05) is 25.1 Å². The lowest BCUT2D eigenvalue weighted by atomic mass is 9.99. The van der Waals surface area contributed by atoms with E-state index in [0.29, 0.717) is 17.4 Å². The second kappa shape index (κ2) is 4.88. The number of carbonyl (C=O) groups is 1. The Morgan fingerprint density at radius 1 is 1.37 bits per heavy atom. The largest absolute Gasteiger partial charge is 0.361 e. The Labute approximate surface area is 112 Å². The first-order valence-electron chi connectivity index (χ1n) is 6.51. The van der Waals surface area contributed by atoms with Gasteiger partial charge in [-0.1, -0.05) is 35.5 Å². The highest BCUT2D eigenvalue weighted by molar-refractivity contribution is 5.92. The zero-order valence-electron chi connectivity index (χ0n) is 10.9. The minimum absolute atomic E-state index is 0.0321. The summed E-state index contributed by atoms with van der Waals surface area (Å²) < 4.78 is 4.96. The number of nitrogens with zero attached hydrogens (tertiary/aromatic N) is 2. The van der Waals surface area contributed by atoms with Crippen molar-refractivity contribution in [2.75, 3.05) is 13.1 Å². The Bertz CT molecular complexity index is 577. The van der Waals surface area contributed by atoms with E-state index >= 15 is 0 Å². The molecule has 1 aromatic carbocycles. The van der Waals surface area contributed by atoms with Crippen molar-refractivity contribution >= 4 is 5.91 Å². The van der Waals surface area contributed by atoms with Gasteiger partial charge in [-0.2, -0.15) is 0 Å². The Kier molecular flexibility index (Phi) is 3.07. The fraction of sp³-hybridized carbons (Fsp3) is 0.333. The van der Waals surface area contributed by atoms with Crippen molar-refractivity contribution in [1.29, 1.82) is 0 Å². The summed E-state index contributed by atoms with van der Waals surface area (Å²) in [7, 11) is 0. The molecule has 1 saturated heterocycles. The zero-order chi connectivity index (χ0) is 13.2. The molecule has 1 unspecified atom stereocenters. The number of benzene rings is 1. The SMILES string of the molecule is Cc1cc(C(=O)N2CCC(c3ccccc3)C2)no1. The smallest absolute Gasteiger partial charge is 0.276 e. The van der Waals surface area contributed by atoms with Gasteiger partial charge in [0.15, 0.2) is 5.69 Å². The first-order chi connectivity index (χ1) is 9.24. The van der Waals surface area contributed by atoms with Gasteiger partial charge in [0.1, 0.15) is 5.76 Å². The van der Waals surface area contributed by atoms with Crippen molar-refractivity contribution < 1.29 is 9.32 Å². The van der Waals surface area contributed by atoms with Gasteiger partial charge in [-0.15, -0.1) is 0 Å². The summed E-state index contributed by atoms with van der Waals surface area (Å²) in [6.07, 6.45) is 1.01. The predicted molar refractivity (Wildman–Crippen MR) is 70.9 cm³/mol. The zero-order valence-corrected chi connectivity index (χ0v) is 10.9. The van der Waals surface area contributed by atoms with E-state index in [9.17, 15) is 4.79 Å². The average Bonchev–Trinajstić information content (AvgIpc) is 3.08. The molecule has 0 aliphatic carbocycles. The van der Waals surface area contributed by atoms with Crippen LogP contribution in [0.2, 0.25) is 0 Å². The summed E-state index contributed by atoms with van der Waals surface area (Å²) in [4.78, 5) is 14.1. The van der Waals surface area contributed by atoms with E-state index in [1.807, 2.05) is 23.1 Å².